The first-order valence-corrected chi connectivity index (χ1v) is 7.11. The lowest BCUT2D eigenvalue weighted by Crippen LogP contribution is -2.15. The molecule has 0 unspecified atom stereocenters. The van der Waals surface area contributed by atoms with E-state index in [4.69, 9.17) is 5.53 Å². The van der Waals surface area contributed by atoms with Crippen LogP contribution in [0.25, 0.3) is 10.4 Å². The van der Waals surface area contributed by atoms with E-state index < -0.39 is 0 Å². The van der Waals surface area contributed by atoms with Gasteiger partial charge in [0.05, 0.1) is 11.4 Å². The molecular weight excluding hydrogens is 284 g/mol. The van der Waals surface area contributed by atoms with Gasteiger partial charge in [-0.1, -0.05) is 22.8 Å². The van der Waals surface area contributed by atoms with E-state index in [2.05, 4.69) is 14.4 Å². The summed E-state index contributed by atoms with van der Waals surface area (Å²) in [5.74, 6) is -0.144. The number of benzene rings is 1. The van der Waals surface area contributed by atoms with Gasteiger partial charge >= 0.3 is 0 Å². The standard InChI is InChI=1S/C15H14N4OS/c1-9-4-6-12(7-5-9)21-18-15-11(3)10(2)14(20)8-13(15)17-19-16/h4-8H,1-3H3. The molecule has 0 radical (unpaired) electrons. The lowest BCUT2D eigenvalue weighted by molar-refractivity contribution is -0.111. The minimum absolute atomic E-state index is 0.144. The van der Waals surface area contributed by atoms with Crippen LogP contribution in [0.2, 0.25) is 0 Å². The van der Waals surface area contributed by atoms with Crippen LogP contribution in [-0.2, 0) is 4.79 Å². The highest BCUT2D eigenvalue weighted by atomic mass is 32.2. The Hall–Kier alpha value is -2.30. The van der Waals surface area contributed by atoms with Crippen LogP contribution in [0, 0.1) is 6.92 Å². The van der Waals surface area contributed by atoms with Crippen LogP contribution in [0.4, 0.5) is 0 Å². The molecule has 2 rings (SSSR count). The van der Waals surface area contributed by atoms with E-state index in [1.165, 1.54) is 23.6 Å². The summed E-state index contributed by atoms with van der Waals surface area (Å²) in [7, 11) is 0. The van der Waals surface area contributed by atoms with Crippen molar-refractivity contribution < 1.29 is 4.79 Å². The Morgan fingerprint density at radius 2 is 1.76 bits per heavy atom. The molecule has 5 nitrogen and oxygen atoms in total. The average Bonchev–Trinajstić information content (AvgIpc) is 2.47. The third-order valence-corrected chi connectivity index (χ3v) is 3.97. The molecule has 0 aromatic heterocycles. The zero-order chi connectivity index (χ0) is 15.4. The fourth-order valence-corrected chi connectivity index (χ4v) is 2.48. The van der Waals surface area contributed by atoms with Crippen LogP contribution in [-0.4, -0.2) is 11.5 Å². The summed E-state index contributed by atoms with van der Waals surface area (Å²) in [4.78, 5) is 15.5. The van der Waals surface area contributed by atoms with Crippen molar-refractivity contribution in [2.75, 3.05) is 0 Å². The molecule has 1 aliphatic carbocycles. The van der Waals surface area contributed by atoms with Gasteiger partial charge in [-0.15, -0.1) is 0 Å². The number of carbonyl (C=O) groups excluding carboxylic acids is 1. The zero-order valence-corrected chi connectivity index (χ0v) is 12.8. The van der Waals surface area contributed by atoms with Crippen molar-refractivity contribution >= 4 is 23.4 Å². The van der Waals surface area contributed by atoms with Crippen molar-refractivity contribution in [2.45, 2.75) is 25.7 Å². The first-order chi connectivity index (χ1) is 10.0. The number of allylic oxidation sites excluding steroid dienone is 3. The summed E-state index contributed by atoms with van der Waals surface area (Å²) < 4.78 is 4.44. The number of carbonyl (C=O) groups is 1. The first-order valence-electron chi connectivity index (χ1n) is 6.34. The fraction of sp³-hybridized carbons (Fsp3) is 0.200. The molecule has 106 valence electrons. The average molecular weight is 298 g/mol. The first kappa shape index (κ1) is 15.1. The summed E-state index contributed by atoms with van der Waals surface area (Å²) in [6.07, 6.45) is 1.33. The van der Waals surface area contributed by atoms with Crippen molar-refractivity contribution in [3.05, 3.63) is 63.2 Å². The van der Waals surface area contributed by atoms with Crippen molar-refractivity contribution in [1.82, 2.24) is 0 Å². The number of rotatable bonds is 3. The number of ketones is 1. The number of hydrogen-bond donors (Lipinski definition) is 0. The third-order valence-electron chi connectivity index (χ3n) is 3.21. The molecule has 6 heteroatoms. The lowest BCUT2D eigenvalue weighted by atomic mass is 9.95. The van der Waals surface area contributed by atoms with Crippen molar-refractivity contribution in [1.29, 1.82) is 0 Å². The van der Waals surface area contributed by atoms with Crippen LogP contribution in [0.1, 0.15) is 19.4 Å². The molecule has 0 saturated carbocycles. The summed E-state index contributed by atoms with van der Waals surface area (Å²) in [5, 5.41) is 3.57. The van der Waals surface area contributed by atoms with Crippen LogP contribution in [0.15, 0.2) is 61.6 Å². The molecule has 1 aliphatic rings. The monoisotopic (exact) mass is 298 g/mol. The largest absolute Gasteiger partial charge is 0.290 e. The predicted octanol–water partition coefficient (Wildman–Crippen LogP) is 4.56. The predicted molar refractivity (Wildman–Crippen MR) is 85.1 cm³/mol. The van der Waals surface area contributed by atoms with Gasteiger partial charge in [-0.25, -0.2) is 4.40 Å². The SMILES string of the molecule is CC1=C(C)C(=NSc2ccc(C)cc2)C(N=[N+]=[N-])=CC1=O. The Morgan fingerprint density at radius 3 is 2.38 bits per heavy atom. The smallest absolute Gasteiger partial charge is 0.182 e. The van der Waals surface area contributed by atoms with Gasteiger partial charge < -0.3 is 0 Å². The summed E-state index contributed by atoms with van der Waals surface area (Å²) in [6, 6.07) is 7.96. The number of nitrogens with zero attached hydrogens (tertiary/aromatic N) is 4. The van der Waals surface area contributed by atoms with Gasteiger partial charge in [0, 0.05) is 27.3 Å². The van der Waals surface area contributed by atoms with Crippen LogP contribution in [0.3, 0.4) is 0 Å². The highest BCUT2D eigenvalue weighted by Gasteiger charge is 2.20. The van der Waals surface area contributed by atoms with Gasteiger partial charge in [-0.2, -0.15) is 0 Å². The van der Waals surface area contributed by atoms with Gasteiger partial charge in [0.25, 0.3) is 0 Å². The summed E-state index contributed by atoms with van der Waals surface area (Å²) >= 11 is 1.29. The van der Waals surface area contributed by atoms with Crippen LogP contribution < -0.4 is 0 Å². The normalized spacial score (nSPS) is 16.8. The Bertz CT molecular complexity index is 723. The molecule has 1 aromatic rings. The molecular formula is C15H14N4OS. The zero-order valence-electron chi connectivity index (χ0n) is 12.0. The van der Waals surface area contributed by atoms with E-state index in [9.17, 15) is 4.79 Å². The molecule has 0 amide bonds. The van der Waals surface area contributed by atoms with Crippen LogP contribution >= 0.6 is 11.9 Å². The summed E-state index contributed by atoms with van der Waals surface area (Å²) in [5.41, 5.74) is 12.0. The Balaban J connectivity index is 2.36. The van der Waals surface area contributed by atoms with Gasteiger partial charge in [-0.3, -0.25) is 4.79 Å². The quantitative estimate of drug-likeness (QED) is 0.269. The number of aryl methyl sites for hydroxylation is 1. The molecule has 0 aliphatic heterocycles. The Labute approximate surface area is 127 Å². The lowest BCUT2D eigenvalue weighted by Gasteiger charge is -2.14. The van der Waals surface area contributed by atoms with Crippen molar-refractivity contribution in [3.8, 4) is 0 Å². The molecule has 21 heavy (non-hydrogen) atoms. The van der Waals surface area contributed by atoms with E-state index in [1.54, 1.807) is 6.92 Å². The minimum Gasteiger partial charge on any atom is -0.290 e. The molecule has 1 aromatic carbocycles. The summed E-state index contributed by atoms with van der Waals surface area (Å²) in [6.45, 7) is 5.57. The van der Waals surface area contributed by atoms with Gasteiger partial charge in [0.1, 0.15) is 0 Å². The highest BCUT2D eigenvalue weighted by molar-refractivity contribution is 7.98. The molecule has 0 bridgehead atoms. The number of hydrogen-bond acceptors (Lipinski definition) is 4. The van der Waals surface area contributed by atoms with Gasteiger partial charge in [0.2, 0.25) is 0 Å². The van der Waals surface area contributed by atoms with Gasteiger partial charge in [-0.05, 0) is 50.1 Å². The Morgan fingerprint density at radius 1 is 1.10 bits per heavy atom. The van der Waals surface area contributed by atoms with E-state index in [0.29, 0.717) is 11.3 Å². The van der Waals surface area contributed by atoms with Crippen LogP contribution in [0.5, 0.6) is 0 Å². The molecule has 0 heterocycles. The second-order valence-electron chi connectivity index (χ2n) is 4.68. The third kappa shape index (κ3) is 3.42. The van der Waals surface area contributed by atoms with E-state index in [0.717, 1.165) is 10.5 Å². The highest BCUT2D eigenvalue weighted by Crippen LogP contribution is 2.26. The van der Waals surface area contributed by atoms with E-state index in [-0.39, 0.29) is 11.5 Å². The molecule has 0 saturated heterocycles. The van der Waals surface area contributed by atoms with Crippen molar-refractivity contribution in [2.24, 2.45) is 9.51 Å². The second kappa shape index (κ2) is 6.43. The molecule has 0 N–H and O–H groups in total. The second-order valence-corrected chi connectivity index (χ2v) is 5.51. The Kier molecular flexibility index (Phi) is 4.62. The topological polar surface area (TPSA) is 78.2 Å². The van der Waals surface area contributed by atoms with Gasteiger partial charge in [0.15, 0.2) is 5.78 Å². The molecule has 0 atom stereocenters. The maximum Gasteiger partial charge on any atom is 0.182 e. The minimum atomic E-state index is -0.144. The fourth-order valence-electron chi connectivity index (χ4n) is 1.79. The van der Waals surface area contributed by atoms with Crippen molar-refractivity contribution in [3.63, 3.8) is 0 Å². The molecule has 0 fully saturated rings. The number of azide groups is 1. The maximum atomic E-state index is 11.8. The van der Waals surface area contributed by atoms with E-state index in [1.807, 2.05) is 38.1 Å². The molecule has 0 spiro atoms. The maximum absolute atomic E-state index is 11.8. The van der Waals surface area contributed by atoms with E-state index >= 15 is 0 Å².